The fourth-order valence-corrected chi connectivity index (χ4v) is 4.80. The van der Waals surface area contributed by atoms with E-state index in [1.165, 1.54) is 10.4 Å². The molecule has 0 aromatic carbocycles. The zero-order chi connectivity index (χ0) is 18.5. The molecule has 1 aliphatic rings. The van der Waals surface area contributed by atoms with E-state index in [0.29, 0.717) is 25.5 Å². The van der Waals surface area contributed by atoms with Gasteiger partial charge in [0.1, 0.15) is 10.7 Å². The molecule has 142 valence electrons. The Bertz CT molecular complexity index is 814. The zero-order valence-corrected chi connectivity index (χ0v) is 16.1. The number of aromatic nitrogens is 2. The number of nitrogens with zero attached hydrogens (tertiary/aromatic N) is 2. The van der Waals surface area contributed by atoms with Crippen LogP contribution in [0.3, 0.4) is 0 Å². The summed E-state index contributed by atoms with van der Waals surface area (Å²) >= 11 is 1.65. The van der Waals surface area contributed by atoms with Crippen LogP contribution in [0.2, 0.25) is 0 Å². The first-order chi connectivity index (χ1) is 12.6. The highest BCUT2D eigenvalue weighted by atomic mass is 32.1. The summed E-state index contributed by atoms with van der Waals surface area (Å²) in [6.45, 7) is 8.21. The Morgan fingerprint density at radius 2 is 2.35 bits per heavy atom. The molecule has 7 heteroatoms. The number of hydrogen-bond acceptors (Lipinski definition) is 6. The van der Waals surface area contributed by atoms with Crippen LogP contribution in [-0.4, -0.2) is 52.4 Å². The number of H-pyrrole nitrogens is 1. The first-order valence-electron chi connectivity index (χ1n) is 9.24. The number of fused-ring (bicyclic) bond motifs is 3. The number of aliphatic hydroxyl groups is 1. The normalized spacial score (nSPS) is 14.9. The molecule has 0 saturated carbocycles. The van der Waals surface area contributed by atoms with Crippen molar-refractivity contribution in [3.8, 4) is 0 Å². The van der Waals surface area contributed by atoms with Crippen molar-refractivity contribution >= 4 is 21.6 Å². The van der Waals surface area contributed by atoms with Crippen molar-refractivity contribution in [2.24, 2.45) is 0 Å². The molecule has 0 fully saturated rings. The van der Waals surface area contributed by atoms with Gasteiger partial charge in [-0.05, 0) is 37.8 Å². The summed E-state index contributed by atoms with van der Waals surface area (Å²) in [5, 5.41) is 10.9. The number of aromatic amines is 1. The van der Waals surface area contributed by atoms with Crippen molar-refractivity contribution in [1.29, 1.82) is 0 Å². The summed E-state index contributed by atoms with van der Waals surface area (Å²) in [5.74, 6) is 0.662. The second kappa shape index (κ2) is 8.90. The van der Waals surface area contributed by atoms with Crippen LogP contribution in [0.15, 0.2) is 17.4 Å². The highest BCUT2D eigenvalue weighted by Gasteiger charge is 2.21. The van der Waals surface area contributed by atoms with Gasteiger partial charge in [0, 0.05) is 11.4 Å². The van der Waals surface area contributed by atoms with Crippen LogP contribution < -0.4 is 5.56 Å². The molecule has 0 radical (unpaired) electrons. The summed E-state index contributed by atoms with van der Waals surface area (Å²) in [5.41, 5.74) is 1.17. The summed E-state index contributed by atoms with van der Waals surface area (Å²) < 4.78 is 5.32. The lowest BCUT2D eigenvalue weighted by molar-refractivity contribution is 0.0241. The lowest BCUT2D eigenvalue weighted by atomic mass is 10.2. The topological polar surface area (TPSA) is 78.5 Å². The summed E-state index contributed by atoms with van der Waals surface area (Å²) in [6, 6.07) is 0. The molecule has 0 saturated heterocycles. The fourth-order valence-electron chi connectivity index (χ4n) is 3.52. The van der Waals surface area contributed by atoms with Gasteiger partial charge in [-0.1, -0.05) is 13.0 Å². The largest absolute Gasteiger partial charge is 0.389 e. The number of rotatable bonds is 10. The number of nitrogens with one attached hydrogen (secondary N) is 1. The maximum absolute atomic E-state index is 12.6. The van der Waals surface area contributed by atoms with E-state index in [0.717, 1.165) is 42.4 Å². The van der Waals surface area contributed by atoms with Gasteiger partial charge in [0.15, 0.2) is 0 Å². The Hall–Kier alpha value is -1.54. The molecule has 0 unspecified atom stereocenters. The fraction of sp³-hybridized carbons (Fsp3) is 0.579. The predicted octanol–water partition coefficient (Wildman–Crippen LogP) is 2.25. The molecule has 26 heavy (non-hydrogen) atoms. The number of ether oxygens (including phenoxy) is 1. The minimum atomic E-state index is -0.581. The molecular formula is C19H27N3O3S. The van der Waals surface area contributed by atoms with Crippen LogP contribution in [0.1, 0.15) is 36.0 Å². The Balaban J connectivity index is 1.72. The van der Waals surface area contributed by atoms with Crippen molar-refractivity contribution in [3.63, 3.8) is 0 Å². The lowest BCUT2D eigenvalue weighted by Gasteiger charge is -2.24. The van der Waals surface area contributed by atoms with Crippen LogP contribution in [0.25, 0.3) is 10.2 Å². The Kier molecular flexibility index (Phi) is 6.58. The first kappa shape index (κ1) is 19.2. The van der Waals surface area contributed by atoms with E-state index >= 15 is 0 Å². The highest BCUT2D eigenvalue weighted by molar-refractivity contribution is 7.18. The monoisotopic (exact) mass is 377 g/mol. The first-order valence-corrected chi connectivity index (χ1v) is 10.1. The van der Waals surface area contributed by atoms with Crippen molar-refractivity contribution in [2.45, 2.75) is 45.3 Å². The maximum Gasteiger partial charge on any atom is 0.259 e. The minimum Gasteiger partial charge on any atom is -0.389 e. The van der Waals surface area contributed by atoms with E-state index in [2.05, 4.69) is 23.4 Å². The van der Waals surface area contributed by atoms with E-state index in [9.17, 15) is 9.90 Å². The van der Waals surface area contributed by atoms with Crippen LogP contribution in [0.4, 0.5) is 0 Å². The Morgan fingerprint density at radius 3 is 3.12 bits per heavy atom. The van der Waals surface area contributed by atoms with Gasteiger partial charge in [0.25, 0.3) is 5.56 Å². The van der Waals surface area contributed by atoms with Gasteiger partial charge < -0.3 is 14.8 Å². The number of aryl methyl sites for hydroxylation is 2. The van der Waals surface area contributed by atoms with Gasteiger partial charge >= 0.3 is 0 Å². The summed E-state index contributed by atoms with van der Waals surface area (Å²) in [4.78, 5) is 24.5. The molecule has 0 amide bonds. The van der Waals surface area contributed by atoms with E-state index < -0.39 is 6.10 Å². The average Bonchev–Trinajstić information content (AvgIpc) is 3.15. The van der Waals surface area contributed by atoms with Gasteiger partial charge in [-0.2, -0.15) is 0 Å². The maximum atomic E-state index is 12.6. The molecule has 0 aliphatic heterocycles. The van der Waals surface area contributed by atoms with E-state index in [-0.39, 0.29) is 12.2 Å². The van der Waals surface area contributed by atoms with Gasteiger partial charge in [0.2, 0.25) is 0 Å². The molecule has 3 rings (SSSR count). The van der Waals surface area contributed by atoms with Gasteiger partial charge in [-0.15, -0.1) is 17.9 Å². The molecule has 2 aromatic rings. The van der Waals surface area contributed by atoms with Crippen LogP contribution in [-0.2, 0) is 24.1 Å². The quantitative estimate of drug-likeness (QED) is 0.490. The molecule has 1 atom stereocenters. The third-order valence-electron chi connectivity index (χ3n) is 4.55. The van der Waals surface area contributed by atoms with Crippen molar-refractivity contribution in [2.75, 3.05) is 26.3 Å². The lowest BCUT2D eigenvalue weighted by Crippen LogP contribution is -2.36. The zero-order valence-electron chi connectivity index (χ0n) is 15.3. The predicted molar refractivity (Wildman–Crippen MR) is 105 cm³/mol. The van der Waals surface area contributed by atoms with E-state index in [1.807, 2.05) is 0 Å². The SMILES string of the molecule is C=CCOC[C@@H](O)CN(CCC)Cc1nc2sc3c(c2c(=O)[nH]1)CCC3. The van der Waals surface area contributed by atoms with E-state index in [1.54, 1.807) is 17.4 Å². The smallest absolute Gasteiger partial charge is 0.259 e. The number of hydrogen-bond donors (Lipinski definition) is 2. The molecule has 0 bridgehead atoms. The standard InChI is InChI=1S/C19H27N3O3S/c1-3-8-22(10-13(23)12-25-9-4-2)11-16-20-18(24)17-14-6-5-7-15(14)26-19(17)21-16/h4,13,23H,2-3,5-12H2,1H3,(H,20,21,24)/t13-/m0/s1. The third kappa shape index (κ3) is 4.40. The molecule has 2 N–H and O–H groups in total. The second-order valence-electron chi connectivity index (χ2n) is 6.77. The summed E-state index contributed by atoms with van der Waals surface area (Å²) in [6.07, 6.45) is 5.22. The Labute approximate surface area is 157 Å². The van der Waals surface area contributed by atoms with Crippen LogP contribution in [0, 0.1) is 0 Å². The van der Waals surface area contributed by atoms with Crippen molar-refractivity contribution in [3.05, 3.63) is 39.3 Å². The van der Waals surface area contributed by atoms with Crippen LogP contribution in [0.5, 0.6) is 0 Å². The van der Waals surface area contributed by atoms with Crippen LogP contribution >= 0.6 is 11.3 Å². The van der Waals surface area contributed by atoms with Gasteiger partial charge in [0.05, 0.1) is 31.2 Å². The molecular weight excluding hydrogens is 350 g/mol. The molecule has 6 nitrogen and oxygen atoms in total. The highest BCUT2D eigenvalue weighted by Crippen LogP contribution is 2.34. The molecule has 1 aliphatic carbocycles. The van der Waals surface area contributed by atoms with Crippen molar-refractivity contribution in [1.82, 2.24) is 14.9 Å². The van der Waals surface area contributed by atoms with Gasteiger partial charge in [-0.3, -0.25) is 9.69 Å². The second-order valence-corrected chi connectivity index (χ2v) is 7.85. The molecule has 2 aromatic heterocycles. The number of thiophene rings is 1. The average molecular weight is 378 g/mol. The van der Waals surface area contributed by atoms with Crippen molar-refractivity contribution < 1.29 is 9.84 Å². The minimum absolute atomic E-state index is 0.0317. The number of aliphatic hydroxyl groups excluding tert-OH is 1. The molecule has 0 spiro atoms. The van der Waals surface area contributed by atoms with E-state index in [4.69, 9.17) is 9.72 Å². The Morgan fingerprint density at radius 1 is 1.50 bits per heavy atom. The summed E-state index contributed by atoms with van der Waals surface area (Å²) in [7, 11) is 0. The third-order valence-corrected chi connectivity index (χ3v) is 5.74. The van der Waals surface area contributed by atoms with Gasteiger partial charge in [-0.25, -0.2) is 4.98 Å². The molecule has 2 heterocycles.